The molecule has 124 valence electrons. The molecule has 7 heteroatoms. The maximum Gasteiger partial charge on any atom is 0.329 e. The van der Waals surface area contributed by atoms with E-state index < -0.39 is 0 Å². The fourth-order valence-corrected chi connectivity index (χ4v) is 3.05. The molecular formula is C16H19IN2O4. The van der Waals surface area contributed by atoms with Crippen molar-refractivity contribution < 1.29 is 19.1 Å². The van der Waals surface area contributed by atoms with Crippen molar-refractivity contribution in [1.29, 1.82) is 0 Å². The van der Waals surface area contributed by atoms with Crippen LogP contribution in [0.2, 0.25) is 0 Å². The van der Waals surface area contributed by atoms with E-state index in [1.165, 1.54) is 4.90 Å². The van der Waals surface area contributed by atoms with Gasteiger partial charge in [-0.1, -0.05) is 6.92 Å². The molecular weight excluding hydrogens is 411 g/mol. The highest BCUT2D eigenvalue weighted by molar-refractivity contribution is 14.1. The Bertz CT molecular complexity index is 658. The molecule has 23 heavy (non-hydrogen) atoms. The Hall–Kier alpha value is -1.77. The van der Waals surface area contributed by atoms with Crippen LogP contribution >= 0.6 is 22.6 Å². The summed E-state index contributed by atoms with van der Waals surface area (Å²) in [6, 6.07) is 3.28. The summed E-state index contributed by atoms with van der Waals surface area (Å²) in [6.07, 6.45) is 2.37. The van der Waals surface area contributed by atoms with Crippen LogP contribution < -0.4 is 14.8 Å². The van der Waals surface area contributed by atoms with Crippen LogP contribution in [-0.4, -0.2) is 37.1 Å². The summed E-state index contributed by atoms with van der Waals surface area (Å²) in [5.74, 6) is 0.958. The zero-order valence-corrected chi connectivity index (χ0v) is 15.5. The van der Waals surface area contributed by atoms with Crippen molar-refractivity contribution in [2.75, 3.05) is 20.3 Å². The summed E-state index contributed by atoms with van der Waals surface area (Å²) in [5, 5.41) is 2.61. The van der Waals surface area contributed by atoms with Crippen LogP contribution in [-0.2, 0) is 4.79 Å². The third-order valence-corrected chi connectivity index (χ3v) is 4.06. The number of carbonyl (C=O) groups is 2. The molecule has 3 amide bonds. The van der Waals surface area contributed by atoms with Crippen LogP contribution in [0.15, 0.2) is 17.8 Å². The highest BCUT2D eigenvalue weighted by atomic mass is 127. The lowest BCUT2D eigenvalue weighted by Gasteiger charge is -2.12. The number of ether oxygens (including phenoxy) is 2. The average molecular weight is 430 g/mol. The molecule has 1 aliphatic heterocycles. The Morgan fingerprint density at radius 1 is 1.30 bits per heavy atom. The molecule has 1 fully saturated rings. The molecule has 0 saturated carbocycles. The average Bonchev–Trinajstić information content (AvgIpc) is 2.77. The Balaban J connectivity index is 2.34. The molecule has 0 aromatic heterocycles. The fraction of sp³-hybridized carbons (Fsp3) is 0.375. The highest BCUT2D eigenvalue weighted by Crippen LogP contribution is 2.34. The number of benzene rings is 1. The standard InChI is InChI=1S/C16H19IN2O4/c1-4-6-19-15(20)12(18-16(19)21)8-10-7-11(17)14(23-5-2)13(9-10)22-3/h7-9H,4-6H2,1-3H3,(H,18,21)/b12-8-. The lowest BCUT2D eigenvalue weighted by molar-refractivity contribution is -0.122. The van der Waals surface area contributed by atoms with E-state index in [-0.39, 0.29) is 17.6 Å². The van der Waals surface area contributed by atoms with Gasteiger partial charge in [-0.25, -0.2) is 4.79 Å². The second-order valence-electron chi connectivity index (χ2n) is 4.91. The van der Waals surface area contributed by atoms with Gasteiger partial charge in [0.15, 0.2) is 11.5 Å². The number of nitrogens with zero attached hydrogens (tertiary/aromatic N) is 1. The van der Waals surface area contributed by atoms with Gasteiger partial charge in [-0.2, -0.15) is 0 Å². The maximum atomic E-state index is 12.2. The smallest absolute Gasteiger partial charge is 0.329 e. The SMILES string of the molecule is CCCN1C(=O)N/C(=C\c2cc(I)c(OCC)c(OC)c2)C1=O. The summed E-state index contributed by atoms with van der Waals surface area (Å²) >= 11 is 2.15. The lowest BCUT2D eigenvalue weighted by Crippen LogP contribution is -2.31. The van der Waals surface area contributed by atoms with Crippen LogP contribution in [0, 0.1) is 3.57 Å². The first-order chi connectivity index (χ1) is 11.0. The quantitative estimate of drug-likeness (QED) is 0.428. The number of imide groups is 1. The molecule has 1 N–H and O–H groups in total. The van der Waals surface area contributed by atoms with Crippen LogP contribution in [0.25, 0.3) is 6.08 Å². The first-order valence-electron chi connectivity index (χ1n) is 7.36. The molecule has 6 nitrogen and oxygen atoms in total. The van der Waals surface area contributed by atoms with E-state index >= 15 is 0 Å². The summed E-state index contributed by atoms with van der Waals surface area (Å²) in [7, 11) is 1.57. The number of amides is 3. The molecule has 1 saturated heterocycles. The van der Waals surface area contributed by atoms with Crippen molar-refractivity contribution in [3.8, 4) is 11.5 Å². The fourth-order valence-electron chi connectivity index (χ4n) is 2.27. The normalized spacial score (nSPS) is 16.0. The summed E-state index contributed by atoms with van der Waals surface area (Å²) < 4.78 is 11.8. The zero-order valence-electron chi connectivity index (χ0n) is 13.3. The molecule has 0 radical (unpaired) electrons. The van der Waals surface area contributed by atoms with E-state index in [2.05, 4.69) is 27.9 Å². The summed E-state index contributed by atoms with van der Waals surface area (Å²) in [5.41, 5.74) is 1.03. The number of nitrogens with one attached hydrogen (secondary N) is 1. The van der Waals surface area contributed by atoms with Gasteiger partial charge in [-0.3, -0.25) is 9.69 Å². The van der Waals surface area contributed by atoms with Gasteiger partial charge in [0.25, 0.3) is 5.91 Å². The van der Waals surface area contributed by atoms with E-state index in [0.29, 0.717) is 24.7 Å². The van der Waals surface area contributed by atoms with Gasteiger partial charge in [0.05, 0.1) is 17.3 Å². The number of urea groups is 1. The predicted octanol–water partition coefficient (Wildman–Crippen LogP) is 3.00. The van der Waals surface area contributed by atoms with E-state index in [1.54, 1.807) is 19.3 Å². The molecule has 0 unspecified atom stereocenters. The van der Waals surface area contributed by atoms with E-state index in [0.717, 1.165) is 15.6 Å². The van der Waals surface area contributed by atoms with Gasteiger partial charge in [-0.05, 0) is 59.7 Å². The van der Waals surface area contributed by atoms with Crippen molar-refractivity contribution >= 4 is 40.6 Å². The third-order valence-electron chi connectivity index (χ3n) is 3.26. The number of rotatable bonds is 6. The number of methoxy groups -OCH3 is 1. The summed E-state index contributed by atoms with van der Waals surface area (Å²) in [4.78, 5) is 25.3. The number of carbonyl (C=O) groups excluding carboxylic acids is 2. The Morgan fingerprint density at radius 3 is 2.65 bits per heavy atom. The van der Waals surface area contributed by atoms with Crippen molar-refractivity contribution in [1.82, 2.24) is 10.2 Å². The molecule has 0 bridgehead atoms. The molecule has 0 aliphatic carbocycles. The zero-order chi connectivity index (χ0) is 17.0. The van der Waals surface area contributed by atoms with Crippen molar-refractivity contribution in [3.63, 3.8) is 0 Å². The molecule has 2 rings (SSSR count). The second-order valence-corrected chi connectivity index (χ2v) is 6.07. The highest BCUT2D eigenvalue weighted by Gasteiger charge is 2.32. The maximum absolute atomic E-state index is 12.2. The monoisotopic (exact) mass is 430 g/mol. The van der Waals surface area contributed by atoms with Gasteiger partial charge >= 0.3 is 6.03 Å². The van der Waals surface area contributed by atoms with Gasteiger partial charge in [0.2, 0.25) is 0 Å². The molecule has 0 atom stereocenters. The van der Waals surface area contributed by atoms with Crippen LogP contribution in [0.4, 0.5) is 4.79 Å². The summed E-state index contributed by atoms with van der Waals surface area (Å²) in [6.45, 7) is 4.77. The topological polar surface area (TPSA) is 67.9 Å². The van der Waals surface area contributed by atoms with Gasteiger partial charge < -0.3 is 14.8 Å². The van der Waals surface area contributed by atoms with Crippen LogP contribution in [0.3, 0.4) is 0 Å². The lowest BCUT2D eigenvalue weighted by atomic mass is 10.1. The van der Waals surface area contributed by atoms with Gasteiger partial charge in [0, 0.05) is 6.54 Å². The largest absolute Gasteiger partial charge is 0.493 e. The number of hydrogen-bond donors (Lipinski definition) is 1. The van der Waals surface area contributed by atoms with E-state index in [1.807, 2.05) is 19.9 Å². The number of hydrogen-bond acceptors (Lipinski definition) is 4. The minimum atomic E-state index is -0.379. The Labute approximate surface area is 149 Å². The molecule has 1 aromatic rings. The first-order valence-corrected chi connectivity index (χ1v) is 8.44. The minimum absolute atomic E-state index is 0.269. The first kappa shape index (κ1) is 17.6. The predicted molar refractivity (Wildman–Crippen MR) is 95.4 cm³/mol. The van der Waals surface area contributed by atoms with Crippen molar-refractivity contribution in [3.05, 3.63) is 27.0 Å². The van der Waals surface area contributed by atoms with Crippen LogP contribution in [0.5, 0.6) is 11.5 Å². The van der Waals surface area contributed by atoms with E-state index in [9.17, 15) is 9.59 Å². The minimum Gasteiger partial charge on any atom is -0.493 e. The van der Waals surface area contributed by atoms with Crippen LogP contribution in [0.1, 0.15) is 25.8 Å². The third kappa shape index (κ3) is 3.77. The second kappa shape index (κ2) is 7.67. The Kier molecular flexibility index (Phi) is 5.86. The van der Waals surface area contributed by atoms with Crippen molar-refractivity contribution in [2.45, 2.75) is 20.3 Å². The molecule has 0 spiro atoms. The van der Waals surface area contributed by atoms with Gasteiger partial charge in [0.1, 0.15) is 5.70 Å². The van der Waals surface area contributed by atoms with Crippen molar-refractivity contribution in [2.24, 2.45) is 0 Å². The molecule has 1 aromatic carbocycles. The molecule has 1 heterocycles. The number of halogens is 1. The van der Waals surface area contributed by atoms with Gasteiger partial charge in [-0.15, -0.1) is 0 Å². The molecule has 1 aliphatic rings. The van der Waals surface area contributed by atoms with E-state index in [4.69, 9.17) is 9.47 Å². The Morgan fingerprint density at radius 2 is 2.04 bits per heavy atom.